The van der Waals surface area contributed by atoms with Crippen molar-refractivity contribution >= 4 is 64.5 Å². The van der Waals surface area contributed by atoms with Gasteiger partial charge in [-0.15, -0.1) is 0 Å². The third-order valence-electron chi connectivity index (χ3n) is 4.80. The van der Waals surface area contributed by atoms with Crippen LogP contribution in [0.4, 0.5) is 34.5 Å². The zero-order valence-electron chi connectivity index (χ0n) is 18.9. The molecule has 3 aromatic rings. The van der Waals surface area contributed by atoms with Crippen molar-refractivity contribution < 1.29 is 9.36 Å². The number of aryl methyl sites for hydroxylation is 1. The average molecular weight is 485 g/mol. The van der Waals surface area contributed by atoms with Gasteiger partial charge in [0.1, 0.15) is 12.2 Å². The summed E-state index contributed by atoms with van der Waals surface area (Å²) in [6, 6.07) is 11.0. The standard InChI is InChI=1S/C23H26ClN6O2P/c1-6-21(31)27-19-12-17(14(2)11-18(19)25-3)29-23-26-13-15(24)22(30-23)28-16-9-7-8-10-20(16)33(4,5)32/h6-13,25H,1H2,2-5H3,(H,27,31)(H2,26,28,29,30). The molecule has 0 aliphatic carbocycles. The summed E-state index contributed by atoms with van der Waals surface area (Å²) < 4.78 is 12.7. The molecule has 33 heavy (non-hydrogen) atoms. The van der Waals surface area contributed by atoms with E-state index in [1.807, 2.05) is 37.3 Å². The predicted octanol–water partition coefficient (Wildman–Crippen LogP) is 5.34. The number of hydrogen-bond acceptors (Lipinski definition) is 7. The molecule has 0 saturated heterocycles. The van der Waals surface area contributed by atoms with Crippen LogP contribution in [0.25, 0.3) is 0 Å². The van der Waals surface area contributed by atoms with Crippen LogP contribution in [0.3, 0.4) is 0 Å². The minimum Gasteiger partial charge on any atom is -0.386 e. The van der Waals surface area contributed by atoms with Crippen LogP contribution >= 0.6 is 18.7 Å². The molecule has 0 radical (unpaired) electrons. The minimum atomic E-state index is -2.52. The highest BCUT2D eigenvalue weighted by molar-refractivity contribution is 7.70. The fourth-order valence-corrected chi connectivity index (χ4v) is 4.44. The van der Waals surface area contributed by atoms with Crippen LogP contribution in [-0.2, 0) is 9.36 Å². The molecule has 0 spiro atoms. The number of aromatic nitrogens is 2. The Kier molecular flexibility index (Phi) is 7.41. The topological polar surface area (TPSA) is 108 Å². The van der Waals surface area contributed by atoms with E-state index in [2.05, 4.69) is 37.8 Å². The Morgan fingerprint density at radius 2 is 1.82 bits per heavy atom. The van der Waals surface area contributed by atoms with Gasteiger partial charge in [-0.25, -0.2) is 4.98 Å². The third kappa shape index (κ3) is 5.92. The maximum Gasteiger partial charge on any atom is 0.247 e. The number of nitrogens with one attached hydrogen (secondary N) is 4. The Balaban J connectivity index is 1.94. The average Bonchev–Trinajstić information content (AvgIpc) is 2.77. The number of carbonyl (C=O) groups excluding carboxylic acids is 1. The van der Waals surface area contributed by atoms with Gasteiger partial charge in [-0.05, 0) is 56.2 Å². The van der Waals surface area contributed by atoms with Crippen LogP contribution in [0, 0.1) is 6.92 Å². The van der Waals surface area contributed by atoms with Gasteiger partial charge < -0.3 is 25.8 Å². The maximum absolute atomic E-state index is 12.7. The van der Waals surface area contributed by atoms with Crippen molar-refractivity contribution in [3.05, 3.63) is 65.8 Å². The highest BCUT2D eigenvalue weighted by Crippen LogP contribution is 2.38. The molecule has 10 heteroatoms. The monoisotopic (exact) mass is 484 g/mol. The van der Waals surface area contributed by atoms with Crippen molar-refractivity contribution in [3.8, 4) is 0 Å². The summed E-state index contributed by atoms with van der Waals surface area (Å²) in [4.78, 5) is 20.6. The van der Waals surface area contributed by atoms with E-state index in [-0.39, 0.29) is 5.91 Å². The van der Waals surface area contributed by atoms with Gasteiger partial charge in [0.05, 0.1) is 23.3 Å². The number of rotatable bonds is 8. The van der Waals surface area contributed by atoms with E-state index in [0.717, 1.165) is 11.3 Å². The van der Waals surface area contributed by atoms with Crippen LogP contribution in [0.15, 0.2) is 55.3 Å². The number of para-hydroxylation sites is 1. The molecule has 0 aliphatic heterocycles. The second-order valence-electron chi connectivity index (χ2n) is 7.66. The van der Waals surface area contributed by atoms with Crippen LogP contribution in [-0.4, -0.2) is 36.3 Å². The number of carbonyl (C=O) groups is 1. The molecule has 0 bridgehead atoms. The Hall–Kier alpha value is -3.35. The van der Waals surface area contributed by atoms with Crippen LogP contribution in [0.1, 0.15) is 5.56 Å². The lowest BCUT2D eigenvalue weighted by Gasteiger charge is -2.17. The van der Waals surface area contributed by atoms with Gasteiger partial charge in [0.15, 0.2) is 5.82 Å². The van der Waals surface area contributed by atoms with E-state index < -0.39 is 7.14 Å². The molecule has 2 aromatic carbocycles. The molecule has 0 fully saturated rings. The van der Waals surface area contributed by atoms with Crippen molar-refractivity contribution in [1.29, 1.82) is 0 Å². The van der Waals surface area contributed by atoms with E-state index in [1.54, 1.807) is 26.4 Å². The molecule has 1 aromatic heterocycles. The quantitative estimate of drug-likeness (QED) is 0.252. The Morgan fingerprint density at radius 3 is 2.48 bits per heavy atom. The van der Waals surface area contributed by atoms with E-state index in [9.17, 15) is 9.36 Å². The van der Waals surface area contributed by atoms with Gasteiger partial charge in [-0.3, -0.25) is 4.79 Å². The molecule has 0 unspecified atom stereocenters. The number of benzene rings is 2. The summed E-state index contributed by atoms with van der Waals surface area (Å²) in [5.41, 5.74) is 3.62. The fourth-order valence-electron chi connectivity index (χ4n) is 3.15. The normalized spacial score (nSPS) is 10.9. The Bertz CT molecular complexity index is 1260. The van der Waals surface area contributed by atoms with Gasteiger partial charge in [0.25, 0.3) is 0 Å². The zero-order chi connectivity index (χ0) is 24.2. The van der Waals surface area contributed by atoms with Crippen molar-refractivity contribution in [3.63, 3.8) is 0 Å². The summed E-state index contributed by atoms with van der Waals surface area (Å²) in [6.45, 7) is 8.83. The lowest BCUT2D eigenvalue weighted by atomic mass is 10.1. The van der Waals surface area contributed by atoms with Crippen LogP contribution in [0.5, 0.6) is 0 Å². The van der Waals surface area contributed by atoms with Gasteiger partial charge in [-0.1, -0.05) is 30.3 Å². The van der Waals surface area contributed by atoms with Crippen molar-refractivity contribution in [2.45, 2.75) is 6.92 Å². The largest absolute Gasteiger partial charge is 0.386 e. The third-order valence-corrected chi connectivity index (χ3v) is 6.63. The Morgan fingerprint density at radius 1 is 1.09 bits per heavy atom. The lowest BCUT2D eigenvalue weighted by Crippen LogP contribution is -2.11. The molecule has 172 valence electrons. The number of hydrogen-bond donors (Lipinski definition) is 4. The molecule has 1 amide bonds. The summed E-state index contributed by atoms with van der Waals surface area (Å²) in [5, 5.41) is 13.2. The number of halogens is 1. The second-order valence-corrected chi connectivity index (χ2v) is 11.3. The number of nitrogens with zero attached hydrogens (tertiary/aromatic N) is 2. The second kappa shape index (κ2) is 10.1. The first kappa shape index (κ1) is 24.3. The van der Waals surface area contributed by atoms with Gasteiger partial charge in [-0.2, -0.15) is 4.98 Å². The summed E-state index contributed by atoms with van der Waals surface area (Å²) in [6.07, 6.45) is 2.69. The van der Waals surface area contributed by atoms with Crippen LogP contribution in [0.2, 0.25) is 5.02 Å². The summed E-state index contributed by atoms with van der Waals surface area (Å²) in [7, 11) is -0.748. The minimum absolute atomic E-state index is 0.303. The first-order chi connectivity index (χ1) is 15.6. The fraction of sp³-hybridized carbons (Fsp3) is 0.174. The first-order valence-electron chi connectivity index (χ1n) is 10.1. The highest BCUT2D eigenvalue weighted by atomic mass is 35.5. The molecule has 8 nitrogen and oxygen atoms in total. The smallest absolute Gasteiger partial charge is 0.247 e. The maximum atomic E-state index is 12.7. The van der Waals surface area contributed by atoms with Gasteiger partial charge >= 0.3 is 0 Å². The van der Waals surface area contributed by atoms with E-state index >= 15 is 0 Å². The number of amides is 1. The molecule has 0 aliphatic rings. The number of anilines is 6. The summed E-state index contributed by atoms with van der Waals surface area (Å²) >= 11 is 6.34. The lowest BCUT2D eigenvalue weighted by molar-refractivity contribution is -0.111. The molecule has 4 N–H and O–H groups in total. The van der Waals surface area contributed by atoms with Gasteiger partial charge in [0, 0.05) is 18.0 Å². The molecule has 0 saturated carbocycles. The molecular weight excluding hydrogens is 459 g/mol. The molecule has 1 heterocycles. The van der Waals surface area contributed by atoms with E-state index in [0.29, 0.717) is 39.2 Å². The van der Waals surface area contributed by atoms with Crippen molar-refractivity contribution in [2.75, 3.05) is 41.6 Å². The van der Waals surface area contributed by atoms with E-state index in [1.165, 1.54) is 12.3 Å². The van der Waals surface area contributed by atoms with Gasteiger partial charge in [0.2, 0.25) is 11.9 Å². The first-order valence-corrected chi connectivity index (χ1v) is 13.1. The molecular formula is C23H26ClN6O2P. The summed E-state index contributed by atoms with van der Waals surface area (Å²) in [5.74, 6) is 0.356. The van der Waals surface area contributed by atoms with Crippen molar-refractivity contribution in [2.24, 2.45) is 0 Å². The molecule has 3 rings (SSSR count). The SMILES string of the molecule is C=CC(=O)Nc1cc(Nc2ncc(Cl)c(Nc3ccccc3P(C)(C)=O)n2)c(C)cc1NC. The highest BCUT2D eigenvalue weighted by Gasteiger charge is 2.17. The Labute approximate surface area is 198 Å². The predicted molar refractivity (Wildman–Crippen MR) is 139 cm³/mol. The van der Waals surface area contributed by atoms with E-state index in [4.69, 9.17) is 11.6 Å². The molecule has 0 atom stereocenters. The van der Waals surface area contributed by atoms with Crippen molar-refractivity contribution in [1.82, 2.24) is 9.97 Å². The zero-order valence-corrected chi connectivity index (χ0v) is 20.5. The van der Waals surface area contributed by atoms with Crippen LogP contribution < -0.4 is 26.6 Å².